The highest BCUT2D eigenvalue weighted by molar-refractivity contribution is 7.89. The van der Waals surface area contributed by atoms with Crippen molar-refractivity contribution in [2.45, 2.75) is 38.1 Å². The van der Waals surface area contributed by atoms with Gasteiger partial charge in [-0.15, -0.1) is 6.58 Å². The number of hydrogen-bond acceptors (Lipinski definition) is 6. The summed E-state index contributed by atoms with van der Waals surface area (Å²) in [4.78, 5) is 0. The van der Waals surface area contributed by atoms with E-state index in [-0.39, 0.29) is 19.0 Å². The van der Waals surface area contributed by atoms with Crippen LogP contribution in [0.25, 0.3) is 0 Å². The first kappa shape index (κ1) is 28.8. The zero-order valence-electron chi connectivity index (χ0n) is 21.3. The lowest BCUT2D eigenvalue weighted by molar-refractivity contribution is 0.0676. The summed E-state index contributed by atoms with van der Waals surface area (Å²) in [6.45, 7) is 7.52. The second-order valence-electron chi connectivity index (χ2n) is 8.44. The molecule has 194 valence electrons. The van der Waals surface area contributed by atoms with Gasteiger partial charge in [-0.05, 0) is 54.2 Å². The molecular formula is C27H39NO6S. The quantitative estimate of drug-likeness (QED) is 0.230. The van der Waals surface area contributed by atoms with Crippen molar-refractivity contribution >= 4 is 10.0 Å². The number of ether oxygens (including phenoxy) is 4. The van der Waals surface area contributed by atoms with Crippen LogP contribution >= 0.6 is 0 Å². The van der Waals surface area contributed by atoms with Gasteiger partial charge >= 0.3 is 0 Å². The Hall–Kier alpha value is -2.39. The van der Waals surface area contributed by atoms with E-state index < -0.39 is 15.3 Å². The van der Waals surface area contributed by atoms with Crippen molar-refractivity contribution in [1.29, 1.82) is 0 Å². The summed E-state index contributed by atoms with van der Waals surface area (Å²) < 4.78 is 50.9. The fourth-order valence-corrected chi connectivity index (χ4v) is 6.02. The van der Waals surface area contributed by atoms with Gasteiger partial charge in [0.25, 0.3) is 0 Å². The smallest absolute Gasteiger partial charge is 0.217 e. The second-order valence-corrected chi connectivity index (χ2v) is 10.6. The van der Waals surface area contributed by atoms with E-state index in [0.717, 1.165) is 22.6 Å². The Morgan fingerprint density at radius 2 is 1.37 bits per heavy atom. The first-order valence-electron chi connectivity index (χ1n) is 11.8. The van der Waals surface area contributed by atoms with Crippen LogP contribution in [0.4, 0.5) is 0 Å². The number of rotatable bonds is 17. The summed E-state index contributed by atoms with van der Waals surface area (Å²) in [5.74, 6) is 1.34. The van der Waals surface area contributed by atoms with Gasteiger partial charge in [-0.1, -0.05) is 37.3 Å². The van der Waals surface area contributed by atoms with Gasteiger partial charge in [-0.2, -0.15) is 4.31 Å². The number of methoxy groups -OCH3 is 3. The molecule has 2 aromatic carbocycles. The molecule has 0 aliphatic rings. The Morgan fingerprint density at radius 1 is 0.857 bits per heavy atom. The Kier molecular flexibility index (Phi) is 12.3. The predicted octanol–water partition coefficient (Wildman–Crippen LogP) is 4.67. The average molecular weight is 506 g/mol. The summed E-state index contributed by atoms with van der Waals surface area (Å²) in [7, 11) is 1.13. The second kappa shape index (κ2) is 14.9. The van der Waals surface area contributed by atoms with Gasteiger partial charge in [-0.3, -0.25) is 0 Å². The molecule has 0 amide bonds. The summed E-state index contributed by atoms with van der Waals surface area (Å²) in [5, 5.41) is -0.612. The number of allylic oxidation sites excluding steroid dienone is 1. The molecule has 0 radical (unpaired) electrons. The monoisotopic (exact) mass is 505 g/mol. The minimum Gasteiger partial charge on any atom is -0.497 e. The van der Waals surface area contributed by atoms with Gasteiger partial charge in [0, 0.05) is 26.8 Å². The minimum absolute atomic E-state index is 0.113. The highest BCUT2D eigenvalue weighted by Crippen LogP contribution is 2.27. The van der Waals surface area contributed by atoms with E-state index in [4.69, 9.17) is 18.9 Å². The third-order valence-corrected chi connectivity index (χ3v) is 8.37. The van der Waals surface area contributed by atoms with Gasteiger partial charge in [0.15, 0.2) is 0 Å². The standard InChI is InChI=1S/C27H39NO6S/c1-6-7-22(2)27(16-17-34-19-18-31-3)35(29,30)28(20-23-8-12-25(32-4)13-9-23)21-24-10-14-26(33-5)15-11-24/h6,8-15,22,27H,1,7,16-21H2,2-5H3/t22-,27-/m1/s1. The van der Waals surface area contributed by atoms with Crippen molar-refractivity contribution in [1.82, 2.24) is 4.31 Å². The third-order valence-electron chi connectivity index (χ3n) is 5.93. The van der Waals surface area contributed by atoms with Crippen LogP contribution in [-0.4, -0.2) is 59.1 Å². The van der Waals surface area contributed by atoms with E-state index in [1.807, 2.05) is 55.5 Å². The van der Waals surface area contributed by atoms with E-state index in [9.17, 15) is 8.42 Å². The Bertz CT molecular complexity index is 926. The molecule has 0 heterocycles. The third kappa shape index (κ3) is 8.96. The lowest BCUT2D eigenvalue weighted by atomic mass is 10.0. The average Bonchev–Trinajstić information content (AvgIpc) is 2.86. The van der Waals surface area contributed by atoms with Crippen LogP contribution in [0.5, 0.6) is 11.5 Å². The normalized spacial score (nSPS) is 13.4. The Balaban J connectivity index is 2.34. The molecule has 0 saturated carbocycles. The molecule has 0 unspecified atom stereocenters. The van der Waals surface area contributed by atoms with Crippen molar-refractivity contribution in [3.63, 3.8) is 0 Å². The summed E-state index contributed by atoms with van der Waals surface area (Å²) in [5.41, 5.74) is 1.77. The van der Waals surface area contributed by atoms with Crippen LogP contribution in [0.2, 0.25) is 0 Å². The lowest BCUT2D eigenvalue weighted by Crippen LogP contribution is -2.41. The minimum atomic E-state index is -3.69. The maximum Gasteiger partial charge on any atom is 0.217 e. The molecule has 2 rings (SSSR count). The van der Waals surface area contributed by atoms with Gasteiger partial charge in [0.2, 0.25) is 10.0 Å². The Morgan fingerprint density at radius 3 is 1.80 bits per heavy atom. The first-order chi connectivity index (χ1) is 16.8. The van der Waals surface area contributed by atoms with E-state index in [1.54, 1.807) is 31.7 Å². The van der Waals surface area contributed by atoms with Gasteiger partial charge < -0.3 is 18.9 Å². The number of sulfonamides is 1. The van der Waals surface area contributed by atoms with Gasteiger partial charge in [0.05, 0.1) is 32.7 Å². The van der Waals surface area contributed by atoms with E-state index >= 15 is 0 Å². The van der Waals surface area contributed by atoms with Crippen LogP contribution in [0, 0.1) is 5.92 Å². The molecule has 2 atom stereocenters. The molecule has 2 aromatic rings. The molecule has 0 aliphatic heterocycles. The van der Waals surface area contributed by atoms with Crippen LogP contribution in [0.1, 0.15) is 30.9 Å². The molecular weight excluding hydrogens is 466 g/mol. The van der Waals surface area contributed by atoms with Crippen LogP contribution < -0.4 is 9.47 Å². The largest absolute Gasteiger partial charge is 0.497 e. The van der Waals surface area contributed by atoms with Crippen LogP contribution in [0.3, 0.4) is 0 Å². The molecule has 0 saturated heterocycles. The SMILES string of the molecule is C=CC[C@@H](C)[C@@H](CCOCCOC)S(=O)(=O)N(Cc1ccc(OC)cc1)Cc1ccc(OC)cc1. The van der Waals surface area contributed by atoms with Crippen LogP contribution in [0.15, 0.2) is 61.2 Å². The highest BCUT2D eigenvalue weighted by Gasteiger charge is 2.35. The molecule has 0 N–H and O–H groups in total. The van der Waals surface area contributed by atoms with Crippen molar-refractivity contribution < 1.29 is 27.4 Å². The fourth-order valence-electron chi connectivity index (χ4n) is 3.88. The Labute approximate surface area is 210 Å². The van der Waals surface area contributed by atoms with Crippen molar-refractivity contribution in [3.8, 4) is 11.5 Å². The first-order valence-corrected chi connectivity index (χ1v) is 13.3. The maximum atomic E-state index is 14.1. The molecule has 7 nitrogen and oxygen atoms in total. The van der Waals surface area contributed by atoms with Crippen LogP contribution in [-0.2, 0) is 32.6 Å². The van der Waals surface area contributed by atoms with Gasteiger partial charge in [-0.25, -0.2) is 8.42 Å². The van der Waals surface area contributed by atoms with Crippen molar-refractivity contribution in [2.75, 3.05) is 41.2 Å². The maximum absolute atomic E-state index is 14.1. The van der Waals surface area contributed by atoms with E-state index in [1.165, 1.54) is 0 Å². The summed E-state index contributed by atoms with van der Waals surface area (Å²) >= 11 is 0. The van der Waals surface area contributed by atoms with Gasteiger partial charge in [0.1, 0.15) is 11.5 Å². The number of benzene rings is 2. The molecule has 0 bridgehead atoms. The summed E-state index contributed by atoms with van der Waals surface area (Å²) in [6.07, 6.45) is 2.76. The molecule has 35 heavy (non-hydrogen) atoms. The highest BCUT2D eigenvalue weighted by atomic mass is 32.2. The molecule has 8 heteroatoms. The number of hydrogen-bond donors (Lipinski definition) is 0. The van der Waals surface area contributed by atoms with E-state index in [2.05, 4.69) is 6.58 Å². The topological polar surface area (TPSA) is 74.3 Å². The molecule has 0 fully saturated rings. The number of nitrogens with zero attached hydrogens (tertiary/aromatic N) is 1. The molecule has 0 aliphatic carbocycles. The summed E-state index contributed by atoms with van der Waals surface area (Å²) in [6, 6.07) is 14.9. The zero-order chi connectivity index (χ0) is 25.7. The molecule has 0 spiro atoms. The predicted molar refractivity (Wildman–Crippen MR) is 139 cm³/mol. The lowest BCUT2D eigenvalue weighted by Gasteiger charge is -2.31. The zero-order valence-corrected chi connectivity index (χ0v) is 22.1. The van der Waals surface area contributed by atoms with Crippen molar-refractivity contribution in [3.05, 3.63) is 72.3 Å². The molecule has 0 aromatic heterocycles. The van der Waals surface area contributed by atoms with E-state index in [0.29, 0.717) is 32.7 Å². The van der Waals surface area contributed by atoms with Crippen molar-refractivity contribution in [2.24, 2.45) is 5.92 Å². The fraction of sp³-hybridized carbons (Fsp3) is 0.481.